The van der Waals surface area contributed by atoms with Crippen LogP contribution in [0.3, 0.4) is 0 Å². The molecule has 3 heteroatoms. The number of benzene rings is 2. The van der Waals surface area contributed by atoms with Gasteiger partial charge in [0, 0.05) is 21.4 Å². The standard InChI is InChI=1S/C28H33BrN2/c1-9-16(2)17-10-11-21(29)18-12-13-31-23-15-20-19(14-22(23)30-25(31)24(17)18)26(3,4)28(7,8)27(20,5)6/h10-16H,9H2,1-8H3. The molecule has 162 valence electrons. The van der Waals surface area contributed by atoms with Gasteiger partial charge < -0.3 is 0 Å². The number of imidazole rings is 1. The van der Waals surface area contributed by atoms with Crippen molar-refractivity contribution < 1.29 is 0 Å². The van der Waals surface area contributed by atoms with Crippen LogP contribution in [-0.2, 0) is 10.8 Å². The summed E-state index contributed by atoms with van der Waals surface area (Å²) < 4.78 is 3.45. The lowest BCUT2D eigenvalue weighted by Crippen LogP contribution is -2.42. The average Bonchev–Trinajstić information content (AvgIpc) is 3.13. The summed E-state index contributed by atoms with van der Waals surface area (Å²) >= 11 is 3.78. The zero-order chi connectivity index (χ0) is 22.5. The van der Waals surface area contributed by atoms with Gasteiger partial charge in [0.25, 0.3) is 0 Å². The smallest absolute Gasteiger partial charge is 0.146 e. The summed E-state index contributed by atoms with van der Waals surface area (Å²) in [5.74, 6) is 0.491. The molecule has 0 saturated heterocycles. The summed E-state index contributed by atoms with van der Waals surface area (Å²) in [6.07, 6.45) is 3.31. The highest BCUT2D eigenvalue weighted by Gasteiger charge is 2.56. The van der Waals surface area contributed by atoms with Gasteiger partial charge in [0.05, 0.1) is 11.0 Å². The van der Waals surface area contributed by atoms with E-state index >= 15 is 0 Å². The SMILES string of the molecule is CCC(C)c1ccc(Br)c2ccn3c4cc5c(cc4nc3c12)C(C)(C)C(C)(C)C5(C)C. The first-order chi connectivity index (χ1) is 14.4. The van der Waals surface area contributed by atoms with Gasteiger partial charge in [-0.1, -0.05) is 77.4 Å². The van der Waals surface area contributed by atoms with Crippen molar-refractivity contribution in [1.82, 2.24) is 9.38 Å². The van der Waals surface area contributed by atoms with Crippen LogP contribution in [0.15, 0.2) is 41.0 Å². The number of halogens is 1. The second-order valence-corrected chi connectivity index (χ2v) is 12.0. The van der Waals surface area contributed by atoms with Gasteiger partial charge in [0.2, 0.25) is 0 Å². The third-order valence-corrected chi connectivity index (χ3v) is 9.97. The first-order valence-electron chi connectivity index (χ1n) is 11.5. The Balaban J connectivity index is 1.92. The minimum Gasteiger partial charge on any atom is -0.299 e. The molecule has 0 fully saturated rings. The molecule has 1 aliphatic rings. The van der Waals surface area contributed by atoms with E-state index in [1.54, 1.807) is 0 Å². The molecule has 2 heterocycles. The molecule has 0 N–H and O–H groups in total. The number of aromatic nitrogens is 2. The second-order valence-electron chi connectivity index (χ2n) is 11.1. The molecule has 31 heavy (non-hydrogen) atoms. The zero-order valence-corrected chi connectivity index (χ0v) is 21.6. The molecule has 5 rings (SSSR count). The molecule has 0 amide bonds. The van der Waals surface area contributed by atoms with Crippen LogP contribution in [0.2, 0.25) is 0 Å². The largest absolute Gasteiger partial charge is 0.299 e. The van der Waals surface area contributed by atoms with Crippen molar-refractivity contribution in [2.45, 2.75) is 78.6 Å². The fourth-order valence-electron chi connectivity index (χ4n) is 5.76. The van der Waals surface area contributed by atoms with Crippen molar-refractivity contribution in [2.75, 3.05) is 0 Å². The second kappa shape index (κ2) is 6.34. The van der Waals surface area contributed by atoms with Crippen LogP contribution in [0, 0.1) is 5.41 Å². The third-order valence-electron chi connectivity index (χ3n) is 9.28. The van der Waals surface area contributed by atoms with Gasteiger partial charge >= 0.3 is 0 Å². The first-order valence-corrected chi connectivity index (χ1v) is 12.3. The van der Waals surface area contributed by atoms with Crippen LogP contribution < -0.4 is 0 Å². The van der Waals surface area contributed by atoms with Crippen LogP contribution in [0.4, 0.5) is 0 Å². The van der Waals surface area contributed by atoms with Crippen molar-refractivity contribution >= 4 is 43.4 Å². The van der Waals surface area contributed by atoms with E-state index in [0.29, 0.717) is 5.92 Å². The van der Waals surface area contributed by atoms with E-state index < -0.39 is 0 Å². The Morgan fingerprint density at radius 3 is 2.26 bits per heavy atom. The number of hydrogen-bond donors (Lipinski definition) is 0. The molecule has 1 atom stereocenters. The molecular weight excluding hydrogens is 444 g/mol. The highest BCUT2D eigenvalue weighted by atomic mass is 79.9. The Bertz CT molecular complexity index is 1370. The van der Waals surface area contributed by atoms with Crippen LogP contribution >= 0.6 is 15.9 Å². The van der Waals surface area contributed by atoms with Gasteiger partial charge in [-0.05, 0) is 69.5 Å². The third kappa shape index (κ3) is 2.47. The number of hydrogen-bond acceptors (Lipinski definition) is 1. The molecule has 0 saturated carbocycles. The van der Waals surface area contributed by atoms with Gasteiger partial charge in [-0.15, -0.1) is 0 Å². The fraction of sp³-hybridized carbons (Fsp3) is 0.464. The summed E-state index contributed by atoms with van der Waals surface area (Å²) in [5.41, 5.74) is 8.02. The molecule has 2 nitrogen and oxygen atoms in total. The number of fused-ring (bicyclic) bond motifs is 6. The van der Waals surface area contributed by atoms with Crippen molar-refractivity contribution in [1.29, 1.82) is 0 Å². The van der Waals surface area contributed by atoms with E-state index in [0.717, 1.165) is 22.1 Å². The van der Waals surface area contributed by atoms with E-state index in [-0.39, 0.29) is 16.2 Å². The van der Waals surface area contributed by atoms with Gasteiger partial charge in [-0.2, -0.15) is 0 Å². The average molecular weight is 477 g/mol. The van der Waals surface area contributed by atoms with Crippen LogP contribution in [-0.4, -0.2) is 9.38 Å². The van der Waals surface area contributed by atoms with Crippen LogP contribution in [0.1, 0.15) is 84.4 Å². The Hall–Kier alpha value is -1.87. The number of rotatable bonds is 2. The summed E-state index contributed by atoms with van der Waals surface area (Å²) in [7, 11) is 0. The molecule has 1 aliphatic carbocycles. The van der Waals surface area contributed by atoms with Crippen molar-refractivity contribution in [3.63, 3.8) is 0 Å². The van der Waals surface area contributed by atoms with Gasteiger partial charge in [0.1, 0.15) is 5.65 Å². The molecule has 0 spiro atoms. The molecular formula is C28H33BrN2. The number of nitrogens with zero attached hydrogens (tertiary/aromatic N) is 2. The minimum absolute atomic E-state index is 0.0861. The Morgan fingerprint density at radius 2 is 1.61 bits per heavy atom. The highest BCUT2D eigenvalue weighted by molar-refractivity contribution is 9.10. The van der Waals surface area contributed by atoms with E-state index in [4.69, 9.17) is 4.98 Å². The summed E-state index contributed by atoms with van der Waals surface area (Å²) in [6, 6.07) is 11.5. The van der Waals surface area contributed by atoms with Crippen molar-refractivity contribution in [2.24, 2.45) is 5.41 Å². The van der Waals surface area contributed by atoms with Crippen molar-refractivity contribution in [3.8, 4) is 0 Å². The van der Waals surface area contributed by atoms with E-state index in [2.05, 4.69) is 112 Å². The van der Waals surface area contributed by atoms with Gasteiger partial charge in [0.15, 0.2) is 0 Å². The van der Waals surface area contributed by atoms with E-state index in [9.17, 15) is 0 Å². The fourth-order valence-corrected chi connectivity index (χ4v) is 6.22. The van der Waals surface area contributed by atoms with Gasteiger partial charge in [-0.25, -0.2) is 4.98 Å². The zero-order valence-electron chi connectivity index (χ0n) is 20.0. The molecule has 2 aromatic heterocycles. The van der Waals surface area contributed by atoms with Crippen molar-refractivity contribution in [3.05, 3.63) is 57.7 Å². The molecule has 1 unspecified atom stereocenters. The minimum atomic E-state index is 0.0861. The van der Waals surface area contributed by atoms with Gasteiger partial charge in [-0.3, -0.25) is 4.40 Å². The van der Waals surface area contributed by atoms with E-state index in [1.807, 2.05) is 0 Å². The topological polar surface area (TPSA) is 17.3 Å². The maximum atomic E-state index is 5.24. The molecule has 4 aromatic rings. The molecule has 0 aliphatic heterocycles. The lowest BCUT2D eigenvalue weighted by atomic mass is 9.59. The predicted molar refractivity (Wildman–Crippen MR) is 136 cm³/mol. The summed E-state index contributed by atoms with van der Waals surface area (Å²) in [4.78, 5) is 5.24. The predicted octanol–water partition coefficient (Wildman–Crippen LogP) is 8.51. The van der Waals surface area contributed by atoms with E-state index in [1.165, 1.54) is 33.0 Å². The lowest BCUT2D eigenvalue weighted by molar-refractivity contribution is 0.125. The maximum absolute atomic E-state index is 5.24. The Labute approximate surface area is 194 Å². The molecule has 2 aromatic carbocycles. The molecule has 0 bridgehead atoms. The normalized spacial score (nSPS) is 19.9. The number of pyridine rings is 1. The lowest BCUT2D eigenvalue weighted by Gasteiger charge is -2.44. The highest BCUT2D eigenvalue weighted by Crippen LogP contribution is 2.61. The first kappa shape index (κ1) is 21.0. The quantitative estimate of drug-likeness (QED) is 0.283. The molecule has 0 radical (unpaired) electrons. The Morgan fingerprint density at radius 1 is 0.968 bits per heavy atom. The summed E-state index contributed by atoms with van der Waals surface area (Å²) in [5, 5.41) is 2.52. The summed E-state index contributed by atoms with van der Waals surface area (Å²) in [6.45, 7) is 19.0. The van der Waals surface area contributed by atoms with Crippen LogP contribution in [0.5, 0.6) is 0 Å². The monoisotopic (exact) mass is 476 g/mol. The van der Waals surface area contributed by atoms with Crippen LogP contribution in [0.25, 0.3) is 27.5 Å². The maximum Gasteiger partial charge on any atom is 0.146 e. The Kier molecular flexibility index (Phi) is 4.30.